The number of nitrogens with zero attached hydrogens (tertiary/aromatic N) is 10. The van der Waals surface area contributed by atoms with Crippen molar-refractivity contribution in [3.05, 3.63) is 281 Å². The van der Waals surface area contributed by atoms with Gasteiger partial charge in [0.05, 0.1) is 101 Å². The quantitative estimate of drug-likeness (QED) is 0.0238. The molecule has 2 aliphatic carbocycles. The number of fused-ring (bicyclic) bond motifs is 3. The molecule has 19 nitrogen and oxygen atoms in total. The number of halogens is 14. The maximum atomic E-state index is 13.8. The van der Waals surface area contributed by atoms with E-state index in [1.54, 1.807) is 44.2 Å². The Bertz CT molecular complexity index is 6510. The Hall–Kier alpha value is -10.4. The number of imidazole rings is 3. The van der Waals surface area contributed by atoms with Crippen LogP contribution in [-0.2, 0) is 63.8 Å². The lowest BCUT2D eigenvalue weighted by Gasteiger charge is -2.34. The van der Waals surface area contributed by atoms with Crippen molar-refractivity contribution in [2.75, 3.05) is 114 Å². The summed E-state index contributed by atoms with van der Waals surface area (Å²) < 4.78 is 135. The highest BCUT2D eigenvalue weighted by Crippen LogP contribution is 2.43. The Morgan fingerprint density at radius 1 is 0.401 bits per heavy atom. The minimum absolute atomic E-state index is 0.0160. The van der Waals surface area contributed by atoms with Crippen molar-refractivity contribution in [2.45, 2.75) is 167 Å². The van der Waals surface area contributed by atoms with E-state index >= 15 is 0 Å². The highest BCUT2D eigenvalue weighted by Gasteiger charge is 2.37. The number of aromatic nitrogens is 6. The second kappa shape index (κ2) is 48.1. The molecule has 3 unspecified atom stereocenters. The minimum atomic E-state index is -4.62. The zero-order chi connectivity index (χ0) is 101. The number of piperazine rings is 1. The molecule has 2 saturated carbocycles. The second-order valence-electron chi connectivity index (χ2n) is 37.5. The minimum Gasteiger partial charge on any atom is -0.395 e. The van der Waals surface area contributed by atoms with Gasteiger partial charge in [-0.1, -0.05) is 139 Å². The Morgan fingerprint density at radius 3 is 1.08 bits per heavy atom. The summed E-state index contributed by atoms with van der Waals surface area (Å²) in [5.74, 6) is 3.27. The highest BCUT2D eigenvalue weighted by molar-refractivity contribution is 6.42. The average molecular weight is 2050 g/mol. The molecule has 0 radical (unpaired) electrons. The fourth-order valence-corrected chi connectivity index (χ4v) is 20.5. The summed E-state index contributed by atoms with van der Waals surface area (Å²) >= 11 is 30.1. The van der Waals surface area contributed by atoms with Gasteiger partial charge in [0.1, 0.15) is 34.8 Å². The first-order valence-corrected chi connectivity index (χ1v) is 50.2. The third kappa shape index (κ3) is 27.4. The number of morpholine rings is 1. The SMILES string of the molecule is CC(=O)CC(NCC1CCCCC1)c1ccc2c(c1)nc(-c1ccc(N3CCN(C)CC3)cc1)n2Cc1ccc(Cl)c(C(F)(F)F)c1.CC(=O)CC(NCC1CCCCC1)c1ccc2c(c1)nc(-c1ccc(N3CCOCC3)cc1)n2Cc1ccc(Cl)c(C(F)(F)F)c1.CC(=O)CC(NCc1ccc(Cl)c(Cl)c1)c1ccc2c(c1)nc(-c1ccc(N(CCO)CCO)cc1)n2Cc1ccc(Cl)c(C(F)(F)F)c1. The average Bonchev–Trinajstić information content (AvgIpc) is 1.63. The van der Waals surface area contributed by atoms with Gasteiger partial charge in [0.25, 0.3) is 0 Å². The molecular weight excluding hydrogens is 1940 g/mol. The molecular formula is C109H117Cl5F9N13O6. The van der Waals surface area contributed by atoms with Gasteiger partial charge in [-0.05, 0) is 275 Å². The molecule has 2 saturated heterocycles. The lowest BCUT2D eigenvalue weighted by Crippen LogP contribution is -2.44. The fourth-order valence-electron chi connectivity index (χ4n) is 19.5. The van der Waals surface area contributed by atoms with Crippen LogP contribution in [0.1, 0.15) is 178 Å². The van der Waals surface area contributed by atoms with Crippen LogP contribution in [0.2, 0.25) is 25.1 Å². The van der Waals surface area contributed by atoms with Gasteiger partial charge in [-0.2, -0.15) is 39.5 Å². The molecule has 142 heavy (non-hydrogen) atoms. The van der Waals surface area contributed by atoms with E-state index in [0.29, 0.717) is 118 Å². The molecule has 5 N–H and O–H groups in total. The number of likely N-dealkylation sites (N-methyl/N-ethyl adjacent to an activating group) is 1. The van der Waals surface area contributed by atoms with Gasteiger partial charge in [0.2, 0.25) is 0 Å². The number of carbonyl (C=O) groups excluding carboxylic acids is 3. The summed E-state index contributed by atoms with van der Waals surface area (Å²) in [4.78, 5) is 60.8. The molecule has 4 aliphatic rings. The third-order valence-electron chi connectivity index (χ3n) is 27.0. The van der Waals surface area contributed by atoms with Crippen molar-refractivity contribution >= 4 is 126 Å². The van der Waals surface area contributed by atoms with E-state index in [-0.39, 0.29) is 89.8 Å². The molecule has 0 spiro atoms. The van der Waals surface area contributed by atoms with Crippen molar-refractivity contribution in [1.29, 1.82) is 0 Å². The number of alkyl halides is 9. The lowest BCUT2D eigenvalue weighted by molar-refractivity contribution is -0.138. The number of aliphatic hydroxyl groups excluding tert-OH is 2. The lowest BCUT2D eigenvalue weighted by atomic mass is 9.89. The van der Waals surface area contributed by atoms with E-state index in [9.17, 15) is 64.1 Å². The zero-order valence-electron chi connectivity index (χ0n) is 79.7. The van der Waals surface area contributed by atoms with E-state index in [2.05, 4.69) is 62.0 Å². The van der Waals surface area contributed by atoms with Crippen LogP contribution in [0.15, 0.2) is 200 Å². The number of aliphatic hydroxyl groups is 2. The van der Waals surface area contributed by atoms with E-state index in [1.165, 1.54) is 89.3 Å². The monoisotopic (exact) mass is 2050 g/mol. The molecule has 3 aromatic heterocycles. The van der Waals surface area contributed by atoms with Crippen LogP contribution < -0.4 is 30.7 Å². The van der Waals surface area contributed by atoms with Crippen molar-refractivity contribution in [1.82, 2.24) is 49.5 Å². The largest absolute Gasteiger partial charge is 0.417 e. The van der Waals surface area contributed by atoms with Crippen molar-refractivity contribution in [2.24, 2.45) is 11.8 Å². The number of benzene rings is 10. The van der Waals surface area contributed by atoms with Gasteiger partial charge in [-0.3, -0.25) is 14.4 Å². The maximum absolute atomic E-state index is 13.8. The first-order chi connectivity index (χ1) is 68.1. The number of hydrogen-bond acceptors (Lipinski definition) is 16. The number of carbonyl (C=O) groups is 3. The smallest absolute Gasteiger partial charge is 0.395 e. The number of Topliss-reactive ketones (excluding diaryl/α,β-unsaturated/α-hetero) is 3. The van der Waals surface area contributed by atoms with E-state index in [4.69, 9.17) is 77.7 Å². The molecule has 3 atom stereocenters. The summed E-state index contributed by atoms with van der Waals surface area (Å²) in [7, 11) is 2.13. The van der Waals surface area contributed by atoms with Crippen LogP contribution >= 0.6 is 58.0 Å². The Labute approximate surface area is 846 Å². The first-order valence-electron chi connectivity index (χ1n) is 48.3. The van der Waals surface area contributed by atoms with E-state index in [0.717, 1.165) is 143 Å². The molecule has 33 heteroatoms. The summed E-state index contributed by atoms with van der Waals surface area (Å²) in [6.45, 7) is 14.7. The van der Waals surface area contributed by atoms with Crippen LogP contribution in [0.3, 0.4) is 0 Å². The predicted octanol–water partition coefficient (Wildman–Crippen LogP) is 25.1. The fraction of sp³-hybridized carbons (Fsp3) is 0.394. The van der Waals surface area contributed by atoms with Crippen LogP contribution in [-0.4, -0.2) is 160 Å². The van der Waals surface area contributed by atoms with Gasteiger partial charge < -0.3 is 64.2 Å². The topological polar surface area (TPSA) is 203 Å². The molecule has 0 amide bonds. The number of ketones is 3. The number of anilines is 3. The summed E-state index contributed by atoms with van der Waals surface area (Å²) in [5.41, 5.74) is 12.1. The first kappa shape index (κ1) is 106. The Kier molecular flexibility index (Phi) is 35.8. The number of nitrogens with one attached hydrogen (secondary N) is 3. The van der Waals surface area contributed by atoms with Gasteiger partial charge in [-0.25, -0.2) is 15.0 Å². The predicted molar refractivity (Wildman–Crippen MR) is 548 cm³/mol. The summed E-state index contributed by atoms with van der Waals surface area (Å²) in [6.07, 6.45) is -0.350. The normalized spacial score (nSPS) is 15.5. The van der Waals surface area contributed by atoms with Crippen LogP contribution in [0.25, 0.3) is 67.3 Å². The molecule has 752 valence electrons. The zero-order valence-corrected chi connectivity index (χ0v) is 83.4. The summed E-state index contributed by atoms with van der Waals surface area (Å²) in [6, 6.07) is 58.1. The van der Waals surface area contributed by atoms with Crippen LogP contribution in [0.5, 0.6) is 0 Å². The molecule has 5 heterocycles. The molecule has 17 rings (SSSR count). The van der Waals surface area contributed by atoms with Crippen LogP contribution in [0.4, 0.5) is 56.6 Å². The van der Waals surface area contributed by atoms with E-state index < -0.39 is 35.2 Å². The van der Waals surface area contributed by atoms with E-state index in [1.807, 2.05) is 128 Å². The molecule has 10 aromatic carbocycles. The van der Waals surface area contributed by atoms with Crippen LogP contribution in [0, 0.1) is 11.8 Å². The van der Waals surface area contributed by atoms with Crippen molar-refractivity contribution < 1.29 is 68.8 Å². The molecule has 2 aliphatic heterocycles. The maximum Gasteiger partial charge on any atom is 0.417 e. The van der Waals surface area contributed by atoms with Gasteiger partial charge in [-0.15, -0.1) is 0 Å². The standard InChI is InChI=1S/C37H43ClF3N5O.C36H34Cl3F3N4O3.C36H40ClF3N4O2/c1-25(47)20-33(42-23-26-6-4-3-5-7-26)29-11-15-35-34(22-29)43-36(28-9-12-30(13-10-28)45-18-16-44(2)17-19-45)46(35)24-27-8-14-32(38)31(21-27)37(39,40)41;1-22(49)16-32(43-20-23-2-10-30(38)31(39)18-23)26-6-11-34-33(19-26)44-35(25-4-7-27(8-5-25)45(12-14-47)13-15-48)46(34)21-24-3-9-29(37)28(17-24)36(40,41)42;1-24(45)19-32(41-22-25-5-3-2-4-6-25)28-10-14-34-33(21-28)42-35(27-8-11-29(12-9-27)43-15-17-46-18-16-43)44(34)23-26-7-13-31(37)30(20-26)36(38,39)40/h8-15,21-22,26,33,42H,3-7,16-20,23-24H2,1-2H3;2-11,17-19,32,43,47-48H,12-16,20-21H2,1H3;7-14,20-21,25,32,41H,2-6,15-19,22-23H2,1H3. The number of rotatable bonds is 34. The van der Waals surface area contributed by atoms with Crippen molar-refractivity contribution in [3.8, 4) is 34.2 Å². The van der Waals surface area contributed by atoms with Gasteiger partial charge in [0, 0.05) is 150 Å². The highest BCUT2D eigenvalue weighted by atomic mass is 35.5. The van der Waals surface area contributed by atoms with Gasteiger partial charge in [0.15, 0.2) is 0 Å². The molecule has 4 fully saturated rings. The second-order valence-corrected chi connectivity index (χ2v) is 39.6. The van der Waals surface area contributed by atoms with Gasteiger partial charge >= 0.3 is 18.5 Å². The summed E-state index contributed by atoms with van der Waals surface area (Å²) in [5, 5.41) is 29.6. The van der Waals surface area contributed by atoms with Crippen molar-refractivity contribution in [3.63, 3.8) is 0 Å². The Balaban J connectivity index is 0.000000161. The third-order valence-corrected chi connectivity index (χ3v) is 28.8. The number of ether oxygens (including phenoxy) is 1. The molecule has 13 aromatic rings. The molecule has 0 bridgehead atoms. The Morgan fingerprint density at radius 2 is 0.739 bits per heavy atom. The number of hydrogen-bond donors (Lipinski definition) is 5.